The number of hydrogen-bond acceptors (Lipinski definition) is 3. The lowest BCUT2D eigenvalue weighted by Gasteiger charge is -2.12. The second-order valence-corrected chi connectivity index (χ2v) is 6.08. The quantitative estimate of drug-likeness (QED) is 0.517. The summed E-state index contributed by atoms with van der Waals surface area (Å²) in [6.07, 6.45) is 1.65. The van der Waals surface area contributed by atoms with Crippen LogP contribution in [0.15, 0.2) is 0 Å². The van der Waals surface area contributed by atoms with Crippen LogP contribution in [0.2, 0.25) is 0 Å². The van der Waals surface area contributed by atoms with Crippen LogP contribution < -0.4 is 5.32 Å². The molecule has 0 aliphatic carbocycles. The topological polar surface area (TPSA) is 46.2 Å². The van der Waals surface area contributed by atoms with E-state index in [9.17, 15) is 8.42 Å². The zero-order valence-electron chi connectivity index (χ0n) is 8.92. The minimum absolute atomic E-state index is 0.236. The molecule has 0 aliphatic heterocycles. The first kappa shape index (κ1) is 14.2. The molecule has 0 bridgehead atoms. The Morgan fingerprint density at radius 1 is 1.36 bits per heavy atom. The molecular weight excluding hydrogens is 222 g/mol. The molecule has 0 fully saturated rings. The van der Waals surface area contributed by atoms with E-state index in [-0.39, 0.29) is 11.5 Å². The van der Waals surface area contributed by atoms with Gasteiger partial charge in [-0.2, -0.15) is 0 Å². The van der Waals surface area contributed by atoms with Crippen molar-refractivity contribution in [3.63, 3.8) is 0 Å². The van der Waals surface area contributed by atoms with E-state index in [4.69, 9.17) is 11.6 Å². The highest BCUT2D eigenvalue weighted by Crippen LogP contribution is 1.96. The predicted molar refractivity (Wildman–Crippen MR) is 61.7 cm³/mol. The monoisotopic (exact) mass is 241 g/mol. The van der Waals surface area contributed by atoms with Crippen LogP contribution in [-0.2, 0) is 9.84 Å². The van der Waals surface area contributed by atoms with Gasteiger partial charge in [-0.1, -0.05) is 13.8 Å². The largest absolute Gasteiger partial charge is 0.313 e. The van der Waals surface area contributed by atoms with Crippen LogP contribution in [-0.4, -0.2) is 38.4 Å². The van der Waals surface area contributed by atoms with Crippen molar-refractivity contribution >= 4 is 21.4 Å². The van der Waals surface area contributed by atoms with Gasteiger partial charge in [-0.25, -0.2) is 8.42 Å². The molecule has 0 aromatic heterocycles. The van der Waals surface area contributed by atoms with Gasteiger partial charge in [0.05, 0.1) is 5.75 Å². The average molecular weight is 242 g/mol. The second kappa shape index (κ2) is 7.49. The highest BCUT2D eigenvalue weighted by atomic mass is 35.5. The first-order valence-corrected chi connectivity index (χ1v) is 7.41. The summed E-state index contributed by atoms with van der Waals surface area (Å²) in [5.74, 6) is 1.09. The van der Waals surface area contributed by atoms with Crippen LogP contribution in [0.1, 0.15) is 26.7 Å². The number of alkyl halides is 1. The fourth-order valence-corrected chi connectivity index (χ4v) is 2.25. The Morgan fingerprint density at radius 3 is 2.43 bits per heavy atom. The molecule has 1 N–H and O–H groups in total. The van der Waals surface area contributed by atoms with Gasteiger partial charge < -0.3 is 5.32 Å². The summed E-state index contributed by atoms with van der Waals surface area (Å²) in [6.45, 7) is 4.46. The molecule has 0 radical (unpaired) electrons. The fourth-order valence-electron chi connectivity index (χ4n) is 1.05. The molecule has 0 rings (SSSR count). The van der Waals surface area contributed by atoms with Gasteiger partial charge in [0.2, 0.25) is 0 Å². The number of nitrogens with one attached hydrogen (secondary N) is 1. The summed E-state index contributed by atoms with van der Waals surface area (Å²) in [6, 6.07) is 0.306. The van der Waals surface area contributed by atoms with Crippen molar-refractivity contribution in [3.8, 4) is 0 Å². The molecule has 0 saturated carbocycles. The van der Waals surface area contributed by atoms with Gasteiger partial charge in [0, 0.05) is 17.7 Å². The van der Waals surface area contributed by atoms with Gasteiger partial charge >= 0.3 is 0 Å². The van der Waals surface area contributed by atoms with E-state index >= 15 is 0 Å². The summed E-state index contributed by atoms with van der Waals surface area (Å²) >= 11 is 5.68. The molecule has 0 spiro atoms. The molecule has 1 unspecified atom stereocenters. The SMILES string of the molecule is CCC(CCl)NCCCS(=O)(=O)CC. The van der Waals surface area contributed by atoms with E-state index in [1.54, 1.807) is 6.92 Å². The molecule has 0 heterocycles. The van der Waals surface area contributed by atoms with Gasteiger partial charge in [0.15, 0.2) is 0 Å². The van der Waals surface area contributed by atoms with Crippen LogP contribution in [0.5, 0.6) is 0 Å². The van der Waals surface area contributed by atoms with Gasteiger partial charge in [0.1, 0.15) is 9.84 Å². The van der Waals surface area contributed by atoms with E-state index in [2.05, 4.69) is 12.2 Å². The van der Waals surface area contributed by atoms with Crippen LogP contribution in [0.4, 0.5) is 0 Å². The van der Waals surface area contributed by atoms with E-state index in [0.717, 1.165) is 13.0 Å². The second-order valence-electron chi connectivity index (χ2n) is 3.30. The molecule has 0 saturated heterocycles. The van der Waals surface area contributed by atoms with Crippen LogP contribution in [0, 0.1) is 0 Å². The van der Waals surface area contributed by atoms with E-state index in [1.807, 2.05) is 0 Å². The minimum atomic E-state index is -2.80. The maximum atomic E-state index is 11.1. The molecule has 1 atom stereocenters. The Labute approximate surface area is 92.1 Å². The summed E-state index contributed by atoms with van der Waals surface area (Å²) in [5.41, 5.74) is 0. The molecule has 86 valence electrons. The summed E-state index contributed by atoms with van der Waals surface area (Å²) in [7, 11) is -2.80. The summed E-state index contributed by atoms with van der Waals surface area (Å²) in [5, 5.41) is 3.22. The lowest BCUT2D eigenvalue weighted by molar-refractivity contribution is 0.533. The minimum Gasteiger partial charge on any atom is -0.313 e. The maximum Gasteiger partial charge on any atom is 0.150 e. The fraction of sp³-hybridized carbons (Fsp3) is 1.00. The third-order valence-electron chi connectivity index (χ3n) is 2.18. The Kier molecular flexibility index (Phi) is 7.59. The van der Waals surface area contributed by atoms with E-state index in [1.165, 1.54) is 0 Å². The number of rotatable bonds is 8. The Bertz CT molecular complexity index is 225. The number of sulfone groups is 1. The molecule has 3 nitrogen and oxygen atoms in total. The zero-order valence-corrected chi connectivity index (χ0v) is 10.5. The molecular formula is C9H20ClNO2S. The highest BCUT2D eigenvalue weighted by molar-refractivity contribution is 7.91. The van der Waals surface area contributed by atoms with Crippen molar-refractivity contribution in [3.05, 3.63) is 0 Å². The third kappa shape index (κ3) is 6.62. The molecule has 0 amide bonds. The summed E-state index contributed by atoms with van der Waals surface area (Å²) < 4.78 is 22.3. The number of halogens is 1. The first-order valence-electron chi connectivity index (χ1n) is 5.05. The van der Waals surface area contributed by atoms with Gasteiger partial charge in [-0.3, -0.25) is 0 Å². The van der Waals surface area contributed by atoms with Crippen LogP contribution in [0.3, 0.4) is 0 Å². The van der Waals surface area contributed by atoms with E-state index < -0.39 is 9.84 Å². The van der Waals surface area contributed by atoms with Crippen LogP contribution in [0.25, 0.3) is 0 Å². The van der Waals surface area contributed by atoms with Crippen LogP contribution >= 0.6 is 11.6 Å². The lowest BCUT2D eigenvalue weighted by atomic mass is 10.2. The molecule has 0 aliphatic rings. The molecule has 5 heteroatoms. The Hall–Kier alpha value is 0.200. The first-order chi connectivity index (χ1) is 6.55. The normalized spacial score (nSPS) is 14.2. The Balaban J connectivity index is 3.56. The van der Waals surface area contributed by atoms with Gasteiger partial charge in [-0.15, -0.1) is 11.6 Å². The molecule has 0 aromatic rings. The van der Waals surface area contributed by atoms with Crippen molar-refractivity contribution in [2.45, 2.75) is 32.7 Å². The standard InChI is InChI=1S/C9H20ClNO2S/c1-3-9(8-10)11-6-5-7-14(12,13)4-2/h9,11H,3-8H2,1-2H3. The average Bonchev–Trinajstić information content (AvgIpc) is 2.18. The summed E-state index contributed by atoms with van der Waals surface area (Å²) in [4.78, 5) is 0. The number of hydrogen-bond donors (Lipinski definition) is 1. The van der Waals surface area contributed by atoms with Crippen molar-refractivity contribution in [1.29, 1.82) is 0 Å². The van der Waals surface area contributed by atoms with Crippen molar-refractivity contribution in [1.82, 2.24) is 5.32 Å². The maximum absolute atomic E-state index is 11.1. The molecule has 0 aromatic carbocycles. The third-order valence-corrected chi connectivity index (χ3v) is 4.35. The van der Waals surface area contributed by atoms with Crippen molar-refractivity contribution in [2.24, 2.45) is 0 Å². The highest BCUT2D eigenvalue weighted by Gasteiger charge is 2.07. The van der Waals surface area contributed by atoms with Gasteiger partial charge in [-0.05, 0) is 19.4 Å². The zero-order chi connectivity index (χ0) is 11.0. The molecule has 14 heavy (non-hydrogen) atoms. The van der Waals surface area contributed by atoms with Crippen molar-refractivity contribution in [2.75, 3.05) is 23.9 Å². The lowest BCUT2D eigenvalue weighted by Crippen LogP contribution is -2.31. The van der Waals surface area contributed by atoms with Gasteiger partial charge in [0.25, 0.3) is 0 Å². The van der Waals surface area contributed by atoms with E-state index in [0.29, 0.717) is 18.3 Å². The Morgan fingerprint density at radius 2 is 2.00 bits per heavy atom. The smallest absolute Gasteiger partial charge is 0.150 e. The van der Waals surface area contributed by atoms with Crippen molar-refractivity contribution < 1.29 is 8.42 Å². The predicted octanol–water partition coefficient (Wildman–Crippen LogP) is 1.42.